The van der Waals surface area contributed by atoms with Gasteiger partial charge in [0.2, 0.25) is 0 Å². The van der Waals surface area contributed by atoms with E-state index in [0.29, 0.717) is 0 Å². The highest BCUT2D eigenvalue weighted by Crippen LogP contribution is 2.53. The van der Waals surface area contributed by atoms with Crippen molar-refractivity contribution in [2.24, 2.45) is 5.92 Å². The molecule has 0 saturated heterocycles. The van der Waals surface area contributed by atoms with Crippen molar-refractivity contribution in [3.8, 4) is 0 Å². The van der Waals surface area contributed by atoms with E-state index in [-0.39, 0.29) is 5.54 Å². The topological polar surface area (TPSA) is 24.1 Å². The molecule has 4 heteroatoms. The van der Waals surface area contributed by atoms with Crippen LogP contribution in [0.2, 0.25) is 37.3 Å². The molecule has 1 aromatic rings. The molecule has 0 bridgehead atoms. The minimum absolute atomic E-state index is 0.225. The Balaban J connectivity index is 2.11. The average Bonchev–Trinajstić information content (AvgIpc) is 2.80. The van der Waals surface area contributed by atoms with Gasteiger partial charge in [-0.25, -0.2) is 0 Å². The smallest absolute Gasteiger partial charge is 0.150 e. The summed E-state index contributed by atoms with van der Waals surface area (Å²) >= 11 is 0. The molecule has 1 aromatic carbocycles. The summed E-state index contributed by atoms with van der Waals surface area (Å²) in [6.45, 7) is 19.6. The second-order valence-electron chi connectivity index (χ2n) is 9.96. The van der Waals surface area contributed by atoms with Crippen molar-refractivity contribution in [2.45, 2.75) is 83.3 Å². The third-order valence-electron chi connectivity index (χ3n) is 5.85. The number of benzene rings is 1. The normalized spacial score (nSPS) is 25.8. The minimum atomic E-state index is -1.51. The van der Waals surface area contributed by atoms with Crippen molar-refractivity contribution >= 4 is 22.2 Å². The summed E-state index contributed by atoms with van der Waals surface area (Å²) in [5.74, 6) is 0.819. The van der Waals surface area contributed by atoms with E-state index in [4.69, 9.17) is 0 Å². The van der Waals surface area contributed by atoms with Crippen LogP contribution >= 0.6 is 0 Å². The van der Waals surface area contributed by atoms with Crippen LogP contribution in [0, 0.1) is 5.92 Å². The second-order valence-corrected chi connectivity index (χ2v) is 18.8. The van der Waals surface area contributed by atoms with E-state index in [1.54, 1.807) is 0 Å². The van der Waals surface area contributed by atoms with Gasteiger partial charge in [-0.15, -0.1) is 0 Å². The first kappa shape index (κ1) is 19.7. The Hall–Kier alpha value is -0.586. The lowest BCUT2D eigenvalue weighted by atomic mass is 10.1. The average molecular weight is 363 g/mol. The standard InChI is InChI=1S/C20H38N2Si2/c1-16-18(23(5,6)21-17-12-10-9-11-13-17)14-15-19(16)24(7,8)22-20(2,3)4/h9-13,16,18-19,21-22H,14-15H2,1-8H3. The Morgan fingerprint density at radius 3 is 1.88 bits per heavy atom. The molecule has 1 aliphatic carbocycles. The van der Waals surface area contributed by atoms with Crippen LogP contribution in [0.5, 0.6) is 0 Å². The minimum Gasteiger partial charge on any atom is -0.410 e. The number of para-hydroxylation sites is 1. The van der Waals surface area contributed by atoms with Gasteiger partial charge in [-0.05, 0) is 49.9 Å². The number of hydrogen-bond donors (Lipinski definition) is 2. The van der Waals surface area contributed by atoms with Crippen molar-refractivity contribution in [1.29, 1.82) is 0 Å². The lowest BCUT2D eigenvalue weighted by Crippen LogP contribution is -2.58. The van der Waals surface area contributed by atoms with E-state index in [2.05, 4.69) is 94.2 Å². The van der Waals surface area contributed by atoms with E-state index in [1.165, 1.54) is 18.5 Å². The zero-order valence-corrected chi connectivity index (χ0v) is 19.0. The van der Waals surface area contributed by atoms with Gasteiger partial charge in [0, 0.05) is 11.2 Å². The summed E-state index contributed by atoms with van der Waals surface area (Å²) in [6, 6.07) is 10.8. The fourth-order valence-electron chi connectivity index (χ4n) is 5.25. The first-order valence-corrected chi connectivity index (χ1v) is 15.7. The summed E-state index contributed by atoms with van der Waals surface area (Å²) in [6.07, 6.45) is 2.80. The highest BCUT2D eigenvalue weighted by atomic mass is 28.3. The summed E-state index contributed by atoms with van der Waals surface area (Å²) < 4.78 is 0. The lowest BCUT2D eigenvalue weighted by molar-refractivity contribution is 0.490. The molecule has 0 heterocycles. The molecule has 0 radical (unpaired) electrons. The summed E-state index contributed by atoms with van der Waals surface area (Å²) in [5, 5.41) is 0. The maximum atomic E-state index is 4.02. The fourth-order valence-corrected chi connectivity index (χ4v) is 13.5. The maximum Gasteiger partial charge on any atom is 0.150 e. The Morgan fingerprint density at radius 2 is 1.38 bits per heavy atom. The van der Waals surface area contributed by atoms with E-state index in [1.807, 2.05) is 0 Å². The van der Waals surface area contributed by atoms with Crippen LogP contribution in [0.1, 0.15) is 40.5 Å². The molecular weight excluding hydrogens is 324 g/mol. The Labute approximate surface area is 152 Å². The van der Waals surface area contributed by atoms with E-state index in [9.17, 15) is 0 Å². The molecule has 1 fully saturated rings. The molecule has 0 spiro atoms. The molecule has 0 amide bonds. The largest absolute Gasteiger partial charge is 0.410 e. The molecule has 3 unspecified atom stereocenters. The quantitative estimate of drug-likeness (QED) is 0.621. The predicted molar refractivity (Wildman–Crippen MR) is 114 cm³/mol. The van der Waals surface area contributed by atoms with Gasteiger partial charge in [0.25, 0.3) is 0 Å². The van der Waals surface area contributed by atoms with Crippen molar-refractivity contribution in [3.05, 3.63) is 30.3 Å². The molecule has 2 rings (SSSR count). The first-order valence-electron chi connectivity index (χ1n) is 9.55. The van der Waals surface area contributed by atoms with Crippen LogP contribution in [-0.4, -0.2) is 22.0 Å². The van der Waals surface area contributed by atoms with E-state index >= 15 is 0 Å². The highest BCUT2D eigenvalue weighted by Gasteiger charge is 2.49. The van der Waals surface area contributed by atoms with Gasteiger partial charge in [-0.1, -0.05) is 64.2 Å². The summed E-state index contributed by atoms with van der Waals surface area (Å²) in [7, 11) is -2.95. The molecule has 2 nitrogen and oxygen atoms in total. The molecule has 1 aliphatic rings. The van der Waals surface area contributed by atoms with Gasteiger partial charge in [0.05, 0.1) is 0 Å². The Kier molecular flexibility index (Phi) is 5.73. The third-order valence-corrected chi connectivity index (χ3v) is 13.5. The van der Waals surface area contributed by atoms with Crippen LogP contribution in [0.15, 0.2) is 30.3 Å². The van der Waals surface area contributed by atoms with Crippen LogP contribution in [0.25, 0.3) is 0 Å². The first-order chi connectivity index (χ1) is 10.9. The van der Waals surface area contributed by atoms with Crippen LogP contribution in [0.4, 0.5) is 5.69 Å². The molecule has 1 saturated carbocycles. The van der Waals surface area contributed by atoms with Crippen LogP contribution in [0.3, 0.4) is 0 Å². The summed E-state index contributed by atoms with van der Waals surface area (Å²) in [5.41, 5.74) is 3.26. The van der Waals surface area contributed by atoms with Gasteiger partial charge >= 0.3 is 0 Å². The highest BCUT2D eigenvalue weighted by molar-refractivity contribution is 6.82. The molecule has 2 N–H and O–H groups in total. The summed E-state index contributed by atoms with van der Waals surface area (Å²) in [4.78, 5) is 7.97. The van der Waals surface area contributed by atoms with Crippen molar-refractivity contribution < 1.29 is 0 Å². The van der Waals surface area contributed by atoms with Crippen LogP contribution in [-0.2, 0) is 0 Å². The van der Waals surface area contributed by atoms with Crippen molar-refractivity contribution in [1.82, 2.24) is 4.98 Å². The zero-order valence-electron chi connectivity index (χ0n) is 17.0. The van der Waals surface area contributed by atoms with Crippen molar-refractivity contribution in [2.75, 3.05) is 4.98 Å². The Morgan fingerprint density at radius 1 is 0.875 bits per heavy atom. The fraction of sp³-hybridized carbons (Fsp3) is 0.700. The van der Waals surface area contributed by atoms with Gasteiger partial charge in [-0.2, -0.15) is 0 Å². The molecular formula is C20H38N2Si2. The van der Waals surface area contributed by atoms with Crippen molar-refractivity contribution in [3.63, 3.8) is 0 Å². The zero-order chi connectivity index (χ0) is 18.2. The van der Waals surface area contributed by atoms with Gasteiger partial charge in [-0.3, -0.25) is 0 Å². The Bertz CT molecular complexity index is 534. The number of rotatable bonds is 5. The van der Waals surface area contributed by atoms with E-state index in [0.717, 1.165) is 17.0 Å². The molecule has 0 aromatic heterocycles. The molecule has 136 valence electrons. The molecule has 0 aliphatic heterocycles. The van der Waals surface area contributed by atoms with E-state index < -0.39 is 16.5 Å². The number of nitrogens with one attached hydrogen (secondary N) is 2. The monoisotopic (exact) mass is 362 g/mol. The van der Waals surface area contributed by atoms with Gasteiger partial charge < -0.3 is 9.96 Å². The second kappa shape index (κ2) is 6.97. The van der Waals surface area contributed by atoms with Gasteiger partial charge in [0.1, 0.15) is 8.24 Å². The maximum absolute atomic E-state index is 4.02. The SMILES string of the molecule is CC1C([Si](C)(C)Nc2ccccc2)CCC1[Si](C)(C)NC(C)(C)C. The number of anilines is 1. The predicted octanol–water partition coefficient (Wildman–Crippen LogP) is 6.07. The van der Waals surface area contributed by atoms with Crippen LogP contribution < -0.4 is 9.96 Å². The molecule has 24 heavy (non-hydrogen) atoms. The third kappa shape index (κ3) is 4.73. The lowest BCUT2D eigenvalue weighted by Gasteiger charge is -2.42. The number of hydrogen-bond acceptors (Lipinski definition) is 2. The molecule has 3 atom stereocenters. The van der Waals surface area contributed by atoms with Gasteiger partial charge in [0.15, 0.2) is 8.24 Å².